The topological polar surface area (TPSA) is 50.6 Å². The molecular formula is C27H29F3N4O2. The number of piperidine rings is 1. The van der Waals surface area contributed by atoms with Crippen molar-refractivity contribution in [1.29, 1.82) is 0 Å². The number of carbonyl (C=O) groups excluding carboxylic acids is 1. The summed E-state index contributed by atoms with van der Waals surface area (Å²) in [6.07, 6.45) is -0.511. The van der Waals surface area contributed by atoms with Crippen LogP contribution in [-0.4, -0.2) is 57.8 Å². The van der Waals surface area contributed by atoms with Crippen LogP contribution in [0.5, 0.6) is 5.75 Å². The second-order valence-corrected chi connectivity index (χ2v) is 9.79. The predicted octanol–water partition coefficient (Wildman–Crippen LogP) is 4.38. The van der Waals surface area contributed by atoms with Crippen molar-refractivity contribution in [2.75, 3.05) is 26.2 Å². The molecule has 36 heavy (non-hydrogen) atoms. The molecule has 1 amide bonds. The van der Waals surface area contributed by atoms with E-state index in [2.05, 4.69) is 38.9 Å². The fourth-order valence-electron chi connectivity index (χ4n) is 5.34. The Kier molecular flexibility index (Phi) is 6.75. The summed E-state index contributed by atoms with van der Waals surface area (Å²) in [5.41, 5.74) is 2.24. The molecule has 2 fully saturated rings. The second kappa shape index (κ2) is 9.97. The first kappa shape index (κ1) is 24.4. The predicted molar refractivity (Wildman–Crippen MR) is 128 cm³/mol. The molecule has 2 unspecified atom stereocenters. The van der Waals surface area contributed by atoms with Crippen molar-refractivity contribution in [2.24, 2.45) is 24.8 Å². The van der Waals surface area contributed by atoms with Crippen molar-refractivity contribution in [3.63, 3.8) is 0 Å². The van der Waals surface area contributed by atoms with Crippen LogP contribution in [0.25, 0.3) is 0 Å². The molecule has 2 atom stereocenters. The molecule has 6 nitrogen and oxygen atoms in total. The summed E-state index contributed by atoms with van der Waals surface area (Å²) in [5.74, 6) is 0.964. The summed E-state index contributed by atoms with van der Waals surface area (Å²) in [7, 11) is 1.79. The Bertz CT molecular complexity index is 1180. The van der Waals surface area contributed by atoms with Crippen molar-refractivity contribution in [2.45, 2.75) is 19.3 Å². The van der Waals surface area contributed by atoms with Gasteiger partial charge in [-0.3, -0.25) is 4.79 Å². The lowest BCUT2D eigenvalue weighted by atomic mass is 10.1. The summed E-state index contributed by atoms with van der Waals surface area (Å²) in [5, 5.41) is 0. The molecule has 1 saturated heterocycles. The molecule has 0 spiro atoms. The molecular weight excluding hydrogens is 469 g/mol. The van der Waals surface area contributed by atoms with E-state index in [1.54, 1.807) is 35.1 Å². The van der Waals surface area contributed by atoms with Gasteiger partial charge in [-0.1, -0.05) is 42.5 Å². The maximum Gasteiger partial charge on any atom is 0.573 e. The smallest absolute Gasteiger partial charge is 0.406 e. The third-order valence-electron chi connectivity index (χ3n) is 7.15. The summed E-state index contributed by atoms with van der Waals surface area (Å²) in [4.78, 5) is 21.7. The zero-order chi connectivity index (χ0) is 25.3. The van der Waals surface area contributed by atoms with Gasteiger partial charge in [-0.15, -0.1) is 13.2 Å². The molecule has 0 bridgehead atoms. The fraction of sp³-hybridized carbons (Fsp3) is 0.407. The number of hydrogen-bond donors (Lipinski definition) is 0. The molecule has 0 radical (unpaired) electrons. The van der Waals surface area contributed by atoms with Gasteiger partial charge < -0.3 is 19.1 Å². The maximum atomic E-state index is 13.3. The molecule has 1 aliphatic carbocycles. The number of hydrogen-bond acceptors (Lipinski definition) is 4. The van der Waals surface area contributed by atoms with E-state index in [-0.39, 0.29) is 18.2 Å². The number of alkyl halides is 3. The molecule has 0 N–H and O–H groups in total. The molecule has 5 rings (SSSR count). The number of rotatable bonds is 9. The zero-order valence-electron chi connectivity index (χ0n) is 20.1. The Morgan fingerprint density at radius 3 is 2.47 bits per heavy atom. The number of likely N-dealkylation sites (tertiary alicyclic amines) is 1. The number of fused-ring (bicyclic) bond motifs is 1. The SMILES string of the molecule is Cn1cnc(C(=O)N(Cc2cccc(OC(F)(F)F)c2)CC2C3CN(CCc4ccccc4)CC32)c1. The highest BCUT2D eigenvalue weighted by atomic mass is 19.4. The van der Waals surface area contributed by atoms with Crippen LogP contribution < -0.4 is 4.74 Å². The van der Waals surface area contributed by atoms with Crippen molar-refractivity contribution >= 4 is 5.91 Å². The zero-order valence-corrected chi connectivity index (χ0v) is 20.1. The van der Waals surface area contributed by atoms with Gasteiger partial charge in [-0.25, -0.2) is 4.98 Å². The number of aryl methyl sites for hydroxylation is 1. The van der Waals surface area contributed by atoms with Gasteiger partial charge in [0.15, 0.2) is 0 Å². The van der Waals surface area contributed by atoms with E-state index >= 15 is 0 Å². The molecule has 1 saturated carbocycles. The highest BCUT2D eigenvalue weighted by Crippen LogP contribution is 2.52. The number of aromatic nitrogens is 2. The highest BCUT2D eigenvalue weighted by Gasteiger charge is 2.55. The third kappa shape index (κ3) is 5.90. The van der Waals surface area contributed by atoms with Gasteiger partial charge in [0.05, 0.1) is 6.33 Å². The Hall–Kier alpha value is -3.33. The largest absolute Gasteiger partial charge is 0.573 e. The number of carbonyl (C=O) groups is 1. The summed E-state index contributed by atoms with van der Waals surface area (Å²) < 4.78 is 43.8. The van der Waals surface area contributed by atoms with Crippen LogP contribution in [-0.2, 0) is 20.0 Å². The van der Waals surface area contributed by atoms with Crippen LogP contribution in [0.15, 0.2) is 67.1 Å². The molecule has 9 heteroatoms. The lowest BCUT2D eigenvalue weighted by Gasteiger charge is -2.25. The molecule has 2 aromatic carbocycles. The summed E-state index contributed by atoms with van der Waals surface area (Å²) in [6.45, 7) is 3.80. The van der Waals surface area contributed by atoms with Crippen LogP contribution >= 0.6 is 0 Å². The number of amides is 1. The van der Waals surface area contributed by atoms with Gasteiger partial charge in [-0.05, 0) is 47.4 Å². The van der Waals surface area contributed by atoms with Crippen LogP contribution in [0.4, 0.5) is 13.2 Å². The first-order valence-electron chi connectivity index (χ1n) is 12.1. The minimum atomic E-state index is -4.76. The van der Waals surface area contributed by atoms with Gasteiger partial charge in [0, 0.05) is 46.0 Å². The first-order valence-corrected chi connectivity index (χ1v) is 12.1. The third-order valence-corrected chi connectivity index (χ3v) is 7.15. The number of ether oxygens (including phenoxy) is 1. The molecule has 190 valence electrons. The van der Waals surface area contributed by atoms with Crippen LogP contribution in [0.2, 0.25) is 0 Å². The standard InChI is InChI=1S/C27H29F3N4O2/c1-32-17-25(31-18-32)26(35)34(13-20-8-5-9-21(12-20)36-27(28,29)30)16-24-22-14-33(15-23(22)24)11-10-19-6-3-2-4-7-19/h2-9,12,17-18,22-24H,10-11,13-16H2,1H3. The molecule has 1 aromatic heterocycles. The van der Waals surface area contributed by atoms with Crippen molar-refractivity contribution in [3.05, 3.63) is 83.9 Å². The molecule has 2 heterocycles. The van der Waals surface area contributed by atoms with Crippen molar-refractivity contribution < 1.29 is 22.7 Å². The van der Waals surface area contributed by atoms with Gasteiger partial charge in [0.25, 0.3) is 5.91 Å². The van der Waals surface area contributed by atoms with E-state index in [1.807, 2.05) is 6.07 Å². The van der Waals surface area contributed by atoms with Crippen LogP contribution in [0, 0.1) is 17.8 Å². The van der Waals surface area contributed by atoms with Crippen LogP contribution in [0.1, 0.15) is 21.6 Å². The summed E-state index contributed by atoms with van der Waals surface area (Å²) >= 11 is 0. The average molecular weight is 499 g/mol. The van der Waals surface area contributed by atoms with E-state index in [0.29, 0.717) is 35.6 Å². The van der Waals surface area contributed by atoms with E-state index < -0.39 is 6.36 Å². The Labute approximate surface area is 208 Å². The Morgan fingerprint density at radius 2 is 1.81 bits per heavy atom. The van der Waals surface area contributed by atoms with Crippen molar-refractivity contribution in [3.8, 4) is 5.75 Å². The lowest BCUT2D eigenvalue weighted by Crippen LogP contribution is -2.35. The lowest BCUT2D eigenvalue weighted by molar-refractivity contribution is -0.274. The number of benzene rings is 2. The fourth-order valence-corrected chi connectivity index (χ4v) is 5.34. The Morgan fingerprint density at radius 1 is 1.08 bits per heavy atom. The van der Waals surface area contributed by atoms with Gasteiger partial charge in [-0.2, -0.15) is 0 Å². The van der Waals surface area contributed by atoms with Crippen molar-refractivity contribution in [1.82, 2.24) is 19.4 Å². The first-order chi connectivity index (χ1) is 17.2. The van der Waals surface area contributed by atoms with E-state index in [0.717, 1.165) is 26.1 Å². The van der Waals surface area contributed by atoms with E-state index in [9.17, 15) is 18.0 Å². The van der Waals surface area contributed by atoms with E-state index in [1.165, 1.54) is 23.8 Å². The minimum Gasteiger partial charge on any atom is -0.406 e. The van der Waals surface area contributed by atoms with Crippen LogP contribution in [0.3, 0.4) is 0 Å². The number of halogens is 3. The van der Waals surface area contributed by atoms with Gasteiger partial charge in [0.2, 0.25) is 0 Å². The minimum absolute atomic E-state index is 0.193. The quantitative estimate of drug-likeness (QED) is 0.440. The maximum absolute atomic E-state index is 13.3. The molecule has 1 aliphatic heterocycles. The number of imidazole rings is 1. The highest BCUT2D eigenvalue weighted by molar-refractivity contribution is 5.92. The average Bonchev–Trinajstić information content (AvgIpc) is 3.16. The normalized spacial score (nSPS) is 21.3. The van der Waals surface area contributed by atoms with Gasteiger partial charge in [0.1, 0.15) is 11.4 Å². The molecule has 3 aromatic rings. The van der Waals surface area contributed by atoms with Gasteiger partial charge >= 0.3 is 6.36 Å². The second-order valence-electron chi connectivity index (χ2n) is 9.79. The Balaban J connectivity index is 1.23. The molecule has 2 aliphatic rings. The summed E-state index contributed by atoms with van der Waals surface area (Å²) in [6, 6.07) is 16.3. The monoisotopic (exact) mass is 498 g/mol. The number of nitrogens with zero attached hydrogens (tertiary/aromatic N) is 4. The van der Waals surface area contributed by atoms with E-state index in [4.69, 9.17) is 0 Å².